The molecule has 0 aliphatic rings. The Labute approximate surface area is 132 Å². The van der Waals surface area contributed by atoms with E-state index >= 15 is 0 Å². The van der Waals surface area contributed by atoms with Gasteiger partial charge in [0.15, 0.2) is 0 Å². The largest absolute Gasteiger partial charge is 0.370 e. The fourth-order valence-electron chi connectivity index (χ4n) is 1.68. The van der Waals surface area contributed by atoms with E-state index in [0.29, 0.717) is 11.4 Å². The first-order valence-corrected chi connectivity index (χ1v) is 7.53. The van der Waals surface area contributed by atoms with Gasteiger partial charge in [-0.3, -0.25) is 4.79 Å². The number of carbonyl (C=O) groups is 1. The maximum atomic E-state index is 12.1. The smallest absolute Gasteiger partial charge is 0.258 e. The lowest BCUT2D eigenvalue weighted by atomic mass is 10.2. The first kappa shape index (κ1) is 15.4. The van der Waals surface area contributed by atoms with Crippen LogP contribution in [0, 0.1) is 6.92 Å². The molecule has 21 heavy (non-hydrogen) atoms. The van der Waals surface area contributed by atoms with Gasteiger partial charge in [-0.1, -0.05) is 6.92 Å². The van der Waals surface area contributed by atoms with Crippen LogP contribution < -0.4 is 10.6 Å². The summed E-state index contributed by atoms with van der Waals surface area (Å²) in [4.78, 5) is 20.5. The Kier molecular flexibility index (Phi) is 5.27. The molecule has 2 rings (SSSR count). The molecule has 110 valence electrons. The van der Waals surface area contributed by atoms with Crippen LogP contribution in [0.5, 0.6) is 0 Å². The molecule has 0 saturated heterocycles. The summed E-state index contributed by atoms with van der Waals surface area (Å²) >= 11 is 3.38. The molecule has 0 unspecified atom stereocenters. The van der Waals surface area contributed by atoms with Crippen LogP contribution in [0.4, 0.5) is 11.6 Å². The molecular weight excluding hydrogens is 332 g/mol. The van der Waals surface area contributed by atoms with E-state index in [0.717, 1.165) is 28.8 Å². The monoisotopic (exact) mass is 348 g/mol. The number of pyridine rings is 2. The summed E-state index contributed by atoms with van der Waals surface area (Å²) in [7, 11) is 0. The molecule has 6 heteroatoms. The molecule has 0 radical (unpaired) electrons. The molecule has 0 fully saturated rings. The third-order valence-electron chi connectivity index (χ3n) is 2.87. The van der Waals surface area contributed by atoms with Crippen LogP contribution in [0.1, 0.15) is 29.3 Å². The normalized spacial score (nSPS) is 10.2. The minimum Gasteiger partial charge on any atom is -0.370 e. The molecule has 0 atom stereocenters. The highest BCUT2D eigenvalue weighted by molar-refractivity contribution is 9.10. The first-order chi connectivity index (χ1) is 10.1. The van der Waals surface area contributed by atoms with Crippen molar-refractivity contribution >= 4 is 33.5 Å². The van der Waals surface area contributed by atoms with Crippen LogP contribution in [0.15, 0.2) is 35.1 Å². The van der Waals surface area contributed by atoms with E-state index in [4.69, 9.17) is 0 Å². The third kappa shape index (κ3) is 4.26. The molecule has 0 saturated carbocycles. The van der Waals surface area contributed by atoms with Gasteiger partial charge in [0.1, 0.15) is 11.6 Å². The van der Waals surface area contributed by atoms with Gasteiger partial charge in [-0.2, -0.15) is 0 Å². The molecule has 0 bridgehead atoms. The standard InChI is InChI=1S/C15H17BrN4O/c1-3-6-17-13-5-4-11(8-18-13)15(21)20-14-7-10(2)12(16)9-19-14/h4-5,7-9H,3,6H2,1-2H3,(H,17,18)(H,19,20,21). The van der Waals surface area contributed by atoms with Gasteiger partial charge in [0, 0.05) is 23.4 Å². The number of nitrogens with zero attached hydrogens (tertiary/aromatic N) is 2. The zero-order valence-electron chi connectivity index (χ0n) is 12.0. The van der Waals surface area contributed by atoms with Gasteiger partial charge in [-0.25, -0.2) is 9.97 Å². The van der Waals surface area contributed by atoms with Crippen LogP contribution in [0.25, 0.3) is 0 Å². The molecule has 1 amide bonds. The lowest BCUT2D eigenvalue weighted by Gasteiger charge is -2.07. The van der Waals surface area contributed by atoms with Crippen molar-refractivity contribution in [3.05, 3.63) is 46.2 Å². The van der Waals surface area contributed by atoms with Crippen molar-refractivity contribution in [2.75, 3.05) is 17.2 Å². The molecule has 0 aliphatic carbocycles. The van der Waals surface area contributed by atoms with Crippen LogP contribution in [0.2, 0.25) is 0 Å². The molecule has 2 aromatic rings. The van der Waals surface area contributed by atoms with Crippen molar-refractivity contribution in [1.29, 1.82) is 0 Å². The average molecular weight is 349 g/mol. The van der Waals surface area contributed by atoms with Gasteiger partial charge < -0.3 is 10.6 Å². The summed E-state index contributed by atoms with van der Waals surface area (Å²) < 4.78 is 0.911. The van der Waals surface area contributed by atoms with E-state index in [9.17, 15) is 4.79 Å². The second kappa shape index (κ2) is 7.17. The Bertz CT molecular complexity index is 628. The van der Waals surface area contributed by atoms with Crippen molar-refractivity contribution in [3.8, 4) is 0 Å². The zero-order valence-corrected chi connectivity index (χ0v) is 13.6. The number of hydrogen-bond donors (Lipinski definition) is 2. The highest BCUT2D eigenvalue weighted by atomic mass is 79.9. The second-order valence-electron chi connectivity index (χ2n) is 4.63. The molecule has 0 aromatic carbocycles. The number of aromatic nitrogens is 2. The number of anilines is 2. The zero-order chi connectivity index (χ0) is 15.2. The topological polar surface area (TPSA) is 66.9 Å². The van der Waals surface area contributed by atoms with Gasteiger partial charge >= 0.3 is 0 Å². The van der Waals surface area contributed by atoms with Gasteiger partial charge in [-0.15, -0.1) is 0 Å². The predicted molar refractivity (Wildman–Crippen MR) is 87.6 cm³/mol. The Hall–Kier alpha value is -1.95. The Morgan fingerprint density at radius 1 is 1.24 bits per heavy atom. The molecular formula is C15H17BrN4O. The molecule has 2 N–H and O–H groups in total. The molecule has 5 nitrogen and oxygen atoms in total. The fraction of sp³-hybridized carbons (Fsp3) is 0.267. The highest BCUT2D eigenvalue weighted by Crippen LogP contribution is 2.17. The number of halogens is 1. The van der Waals surface area contributed by atoms with Crippen molar-refractivity contribution in [2.45, 2.75) is 20.3 Å². The SMILES string of the molecule is CCCNc1ccc(C(=O)Nc2cc(C)c(Br)cn2)cn1. The number of carbonyl (C=O) groups excluding carboxylic acids is 1. The fourth-order valence-corrected chi connectivity index (χ4v) is 1.90. The minimum absolute atomic E-state index is 0.223. The Balaban J connectivity index is 2.04. The number of nitrogens with one attached hydrogen (secondary N) is 2. The third-order valence-corrected chi connectivity index (χ3v) is 3.70. The van der Waals surface area contributed by atoms with Gasteiger partial charge in [0.25, 0.3) is 5.91 Å². The van der Waals surface area contributed by atoms with Crippen molar-refractivity contribution in [1.82, 2.24) is 9.97 Å². The van der Waals surface area contributed by atoms with Gasteiger partial charge in [0.2, 0.25) is 0 Å². The second-order valence-corrected chi connectivity index (χ2v) is 5.49. The van der Waals surface area contributed by atoms with Crippen molar-refractivity contribution < 1.29 is 4.79 Å². The van der Waals surface area contributed by atoms with E-state index in [1.54, 1.807) is 24.5 Å². The minimum atomic E-state index is -0.223. The van der Waals surface area contributed by atoms with E-state index < -0.39 is 0 Å². The van der Waals surface area contributed by atoms with Crippen molar-refractivity contribution in [3.63, 3.8) is 0 Å². The molecule has 2 aromatic heterocycles. The predicted octanol–water partition coefficient (Wildman–Crippen LogP) is 3.62. The van der Waals surface area contributed by atoms with E-state index in [2.05, 4.69) is 43.5 Å². The number of aryl methyl sites for hydroxylation is 1. The highest BCUT2D eigenvalue weighted by Gasteiger charge is 2.08. The van der Waals surface area contributed by atoms with E-state index in [-0.39, 0.29) is 5.91 Å². The Morgan fingerprint density at radius 3 is 2.62 bits per heavy atom. The lowest BCUT2D eigenvalue weighted by molar-refractivity contribution is 0.102. The van der Waals surface area contributed by atoms with E-state index in [1.807, 2.05) is 13.0 Å². The molecule has 0 aliphatic heterocycles. The maximum Gasteiger partial charge on any atom is 0.258 e. The van der Waals surface area contributed by atoms with E-state index in [1.165, 1.54) is 0 Å². The summed E-state index contributed by atoms with van der Waals surface area (Å²) in [6, 6.07) is 5.35. The van der Waals surface area contributed by atoms with Crippen LogP contribution in [-0.2, 0) is 0 Å². The Morgan fingerprint density at radius 2 is 2.00 bits per heavy atom. The average Bonchev–Trinajstić information content (AvgIpc) is 2.49. The number of hydrogen-bond acceptors (Lipinski definition) is 4. The van der Waals surface area contributed by atoms with Gasteiger partial charge in [0.05, 0.1) is 5.56 Å². The van der Waals surface area contributed by atoms with Gasteiger partial charge in [-0.05, 0) is 53.0 Å². The lowest BCUT2D eigenvalue weighted by Crippen LogP contribution is -2.13. The summed E-state index contributed by atoms with van der Waals surface area (Å²) in [5.74, 6) is 1.07. The summed E-state index contributed by atoms with van der Waals surface area (Å²) in [5.41, 5.74) is 1.51. The first-order valence-electron chi connectivity index (χ1n) is 6.73. The van der Waals surface area contributed by atoms with Crippen LogP contribution in [-0.4, -0.2) is 22.4 Å². The number of amides is 1. The van der Waals surface area contributed by atoms with Crippen LogP contribution >= 0.6 is 15.9 Å². The quantitative estimate of drug-likeness (QED) is 0.865. The van der Waals surface area contributed by atoms with Crippen molar-refractivity contribution in [2.24, 2.45) is 0 Å². The number of rotatable bonds is 5. The summed E-state index contributed by atoms with van der Waals surface area (Å²) in [6.07, 6.45) is 4.25. The maximum absolute atomic E-state index is 12.1. The molecule has 2 heterocycles. The van der Waals surface area contributed by atoms with Crippen LogP contribution in [0.3, 0.4) is 0 Å². The summed E-state index contributed by atoms with van der Waals surface area (Å²) in [6.45, 7) is 4.89. The summed E-state index contributed by atoms with van der Waals surface area (Å²) in [5, 5.41) is 5.92. The molecule has 0 spiro atoms.